The SMILES string of the molecule is C=C(C)C(=O)C[Si](CCC)(OCC)OCC. The summed E-state index contributed by atoms with van der Waals surface area (Å²) in [5.74, 6) is 0.0713. The molecule has 0 bridgehead atoms. The van der Waals surface area contributed by atoms with Crippen molar-refractivity contribution in [3.63, 3.8) is 0 Å². The summed E-state index contributed by atoms with van der Waals surface area (Å²) >= 11 is 0. The van der Waals surface area contributed by atoms with Crippen LogP contribution < -0.4 is 0 Å². The molecule has 0 fully saturated rings. The van der Waals surface area contributed by atoms with Crippen LogP contribution in [-0.2, 0) is 13.6 Å². The summed E-state index contributed by atoms with van der Waals surface area (Å²) in [7, 11) is -2.33. The molecule has 0 aromatic carbocycles. The molecule has 0 saturated carbocycles. The average Bonchev–Trinajstić information content (AvgIpc) is 2.18. The highest BCUT2D eigenvalue weighted by Crippen LogP contribution is 2.23. The zero-order valence-corrected chi connectivity index (χ0v) is 12.0. The Kier molecular flexibility index (Phi) is 7.54. The van der Waals surface area contributed by atoms with Gasteiger partial charge in [-0.2, -0.15) is 0 Å². The number of carbonyl (C=O) groups excluding carboxylic acids is 1. The van der Waals surface area contributed by atoms with E-state index in [1.54, 1.807) is 6.92 Å². The van der Waals surface area contributed by atoms with Crippen LogP contribution in [0.2, 0.25) is 12.1 Å². The van der Waals surface area contributed by atoms with E-state index in [0.29, 0.717) is 24.8 Å². The minimum absolute atomic E-state index is 0.0713. The lowest BCUT2D eigenvalue weighted by Gasteiger charge is -2.29. The van der Waals surface area contributed by atoms with Gasteiger partial charge >= 0.3 is 8.56 Å². The van der Waals surface area contributed by atoms with Crippen LogP contribution in [0.1, 0.15) is 34.1 Å². The van der Waals surface area contributed by atoms with Crippen LogP contribution in [0, 0.1) is 0 Å². The van der Waals surface area contributed by atoms with E-state index in [9.17, 15) is 4.79 Å². The van der Waals surface area contributed by atoms with E-state index >= 15 is 0 Å². The molecule has 0 heterocycles. The summed E-state index contributed by atoms with van der Waals surface area (Å²) in [6.07, 6.45) is 0.982. The van der Waals surface area contributed by atoms with Crippen molar-refractivity contribution in [2.24, 2.45) is 0 Å². The van der Waals surface area contributed by atoms with Crippen molar-refractivity contribution in [3.05, 3.63) is 12.2 Å². The van der Waals surface area contributed by atoms with E-state index in [0.717, 1.165) is 12.5 Å². The van der Waals surface area contributed by atoms with Gasteiger partial charge in [0, 0.05) is 13.2 Å². The van der Waals surface area contributed by atoms with E-state index in [2.05, 4.69) is 13.5 Å². The van der Waals surface area contributed by atoms with Crippen molar-refractivity contribution in [1.82, 2.24) is 0 Å². The van der Waals surface area contributed by atoms with Crippen molar-refractivity contribution in [2.75, 3.05) is 13.2 Å². The first-order valence-electron chi connectivity index (χ1n) is 5.98. The van der Waals surface area contributed by atoms with E-state index in [4.69, 9.17) is 8.85 Å². The first-order chi connectivity index (χ1) is 7.51. The molecule has 0 unspecified atom stereocenters. The molecule has 0 spiro atoms. The molecule has 0 radical (unpaired) electrons. The largest absolute Gasteiger partial charge is 0.394 e. The quantitative estimate of drug-likeness (QED) is 0.462. The lowest BCUT2D eigenvalue weighted by molar-refractivity contribution is -0.114. The third-order valence-corrected chi connectivity index (χ3v) is 6.10. The van der Waals surface area contributed by atoms with Crippen LogP contribution in [0.4, 0.5) is 0 Å². The van der Waals surface area contributed by atoms with Gasteiger partial charge < -0.3 is 8.85 Å². The van der Waals surface area contributed by atoms with Crippen molar-refractivity contribution >= 4 is 14.3 Å². The van der Waals surface area contributed by atoms with Crippen molar-refractivity contribution in [1.29, 1.82) is 0 Å². The van der Waals surface area contributed by atoms with Gasteiger partial charge in [0.15, 0.2) is 5.78 Å². The van der Waals surface area contributed by atoms with Crippen LogP contribution >= 0.6 is 0 Å². The molecule has 16 heavy (non-hydrogen) atoms. The zero-order valence-electron chi connectivity index (χ0n) is 11.0. The molecular formula is C12H24O3Si. The van der Waals surface area contributed by atoms with Gasteiger partial charge in [-0.15, -0.1) is 0 Å². The molecule has 94 valence electrons. The fourth-order valence-electron chi connectivity index (χ4n) is 1.68. The van der Waals surface area contributed by atoms with Crippen molar-refractivity contribution in [3.8, 4) is 0 Å². The van der Waals surface area contributed by atoms with E-state index in [1.807, 2.05) is 13.8 Å². The Bertz CT molecular complexity index is 221. The second-order valence-electron chi connectivity index (χ2n) is 3.91. The number of allylic oxidation sites excluding steroid dienone is 1. The molecule has 0 atom stereocenters. The number of hydrogen-bond acceptors (Lipinski definition) is 3. The molecule has 0 aromatic rings. The molecule has 0 aliphatic carbocycles. The number of carbonyl (C=O) groups is 1. The van der Waals surface area contributed by atoms with Gasteiger partial charge in [-0.1, -0.05) is 19.9 Å². The zero-order chi connectivity index (χ0) is 12.6. The first-order valence-corrected chi connectivity index (χ1v) is 8.21. The topological polar surface area (TPSA) is 35.5 Å². The second-order valence-corrected chi connectivity index (χ2v) is 7.16. The molecule has 0 amide bonds. The standard InChI is InChI=1S/C12H24O3Si/c1-6-9-16(14-7-2,15-8-3)10-12(13)11(4)5/h4,6-10H2,1-3,5H3. The van der Waals surface area contributed by atoms with Gasteiger partial charge in [0.1, 0.15) is 0 Å². The Morgan fingerprint density at radius 2 is 1.69 bits per heavy atom. The monoisotopic (exact) mass is 244 g/mol. The maximum atomic E-state index is 11.8. The summed E-state index contributed by atoms with van der Waals surface area (Å²) in [6.45, 7) is 12.6. The number of hydrogen-bond donors (Lipinski definition) is 0. The first kappa shape index (κ1) is 15.5. The molecule has 0 N–H and O–H groups in total. The molecule has 0 aliphatic heterocycles. The Hall–Kier alpha value is -0.453. The Balaban J connectivity index is 4.71. The van der Waals surface area contributed by atoms with Gasteiger partial charge in [0.2, 0.25) is 0 Å². The van der Waals surface area contributed by atoms with Crippen molar-refractivity contribution < 1.29 is 13.6 Å². The summed E-state index contributed by atoms with van der Waals surface area (Å²) in [6, 6.07) is 1.27. The van der Waals surface area contributed by atoms with Crippen molar-refractivity contribution in [2.45, 2.75) is 46.2 Å². The third kappa shape index (κ3) is 5.05. The molecule has 0 rings (SSSR count). The van der Waals surface area contributed by atoms with Crippen LogP contribution in [0.3, 0.4) is 0 Å². The lowest BCUT2D eigenvalue weighted by atomic mass is 10.2. The number of rotatable bonds is 9. The van der Waals surface area contributed by atoms with Crippen LogP contribution in [-0.4, -0.2) is 27.6 Å². The fraction of sp³-hybridized carbons (Fsp3) is 0.750. The molecular weight excluding hydrogens is 220 g/mol. The molecule has 0 aliphatic rings. The lowest BCUT2D eigenvalue weighted by Crippen LogP contribution is -2.44. The van der Waals surface area contributed by atoms with E-state index in [-0.39, 0.29) is 5.78 Å². The Morgan fingerprint density at radius 3 is 2.00 bits per heavy atom. The maximum Gasteiger partial charge on any atom is 0.346 e. The predicted octanol–water partition coefficient (Wildman–Crippen LogP) is 3.06. The summed E-state index contributed by atoms with van der Waals surface area (Å²) < 4.78 is 11.6. The highest BCUT2D eigenvalue weighted by Gasteiger charge is 2.38. The average molecular weight is 244 g/mol. The Labute approximate surface area is 100 Å². The molecule has 3 nitrogen and oxygen atoms in total. The predicted molar refractivity (Wildman–Crippen MR) is 68.7 cm³/mol. The summed E-state index contributed by atoms with van der Waals surface area (Å²) in [4.78, 5) is 11.8. The summed E-state index contributed by atoms with van der Waals surface area (Å²) in [5, 5.41) is 0. The van der Waals surface area contributed by atoms with Gasteiger partial charge in [-0.3, -0.25) is 4.79 Å². The highest BCUT2D eigenvalue weighted by molar-refractivity contribution is 6.71. The van der Waals surface area contributed by atoms with Gasteiger partial charge in [-0.05, 0) is 32.4 Å². The fourth-order valence-corrected chi connectivity index (χ4v) is 5.04. The Morgan fingerprint density at radius 1 is 1.19 bits per heavy atom. The molecule has 4 heteroatoms. The number of ketones is 1. The normalized spacial score (nSPS) is 11.5. The smallest absolute Gasteiger partial charge is 0.346 e. The van der Waals surface area contributed by atoms with Gasteiger partial charge in [0.05, 0.1) is 6.04 Å². The minimum atomic E-state index is -2.33. The third-order valence-electron chi connectivity index (χ3n) is 2.35. The van der Waals surface area contributed by atoms with Gasteiger partial charge in [-0.25, -0.2) is 0 Å². The highest BCUT2D eigenvalue weighted by atomic mass is 28.4. The maximum absolute atomic E-state index is 11.8. The second kappa shape index (κ2) is 7.76. The summed E-state index contributed by atoms with van der Waals surface area (Å²) in [5.41, 5.74) is 0.590. The minimum Gasteiger partial charge on any atom is -0.394 e. The molecule has 0 saturated heterocycles. The van der Waals surface area contributed by atoms with Crippen LogP contribution in [0.25, 0.3) is 0 Å². The van der Waals surface area contributed by atoms with Crippen LogP contribution in [0.15, 0.2) is 12.2 Å². The van der Waals surface area contributed by atoms with E-state index in [1.165, 1.54) is 0 Å². The van der Waals surface area contributed by atoms with Gasteiger partial charge in [0.25, 0.3) is 0 Å². The number of Topliss-reactive ketones (excluding diaryl/α,β-unsaturated/α-hetero) is 1. The molecule has 0 aromatic heterocycles. The van der Waals surface area contributed by atoms with E-state index < -0.39 is 8.56 Å². The van der Waals surface area contributed by atoms with Crippen LogP contribution in [0.5, 0.6) is 0 Å².